The fourth-order valence-corrected chi connectivity index (χ4v) is 3.14. The number of amides is 1. The molecule has 28 heavy (non-hydrogen) atoms. The van der Waals surface area contributed by atoms with Gasteiger partial charge in [-0.05, 0) is 44.0 Å². The predicted octanol–water partition coefficient (Wildman–Crippen LogP) is 3.30. The molecule has 0 unspecified atom stereocenters. The normalized spacial score (nSPS) is 11.0. The van der Waals surface area contributed by atoms with Crippen LogP contribution in [0.4, 0.5) is 4.79 Å². The van der Waals surface area contributed by atoms with Crippen LogP contribution in [0.25, 0.3) is 10.9 Å². The summed E-state index contributed by atoms with van der Waals surface area (Å²) in [5.74, 6) is -0.623. The van der Waals surface area contributed by atoms with E-state index in [1.165, 1.54) is 13.2 Å². The number of carbonyl (C=O) groups excluding carboxylic acids is 2. The van der Waals surface area contributed by atoms with Gasteiger partial charge in [0.25, 0.3) is 5.56 Å². The molecule has 0 radical (unpaired) electrons. The van der Waals surface area contributed by atoms with E-state index in [9.17, 15) is 14.4 Å². The van der Waals surface area contributed by atoms with Crippen molar-refractivity contribution in [1.82, 2.24) is 14.7 Å². The number of ether oxygens (including phenoxy) is 1. The molecule has 0 aliphatic rings. The summed E-state index contributed by atoms with van der Waals surface area (Å²) in [4.78, 5) is 39.7. The number of hydrogen-bond acceptors (Lipinski definition) is 4. The van der Waals surface area contributed by atoms with Crippen LogP contribution in [-0.4, -0.2) is 39.8 Å². The molecule has 0 atom stereocenters. The summed E-state index contributed by atoms with van der Waals surface area (Å²) in [6.45, 7) is 6.14. The van der Waals surface area contributed by atoms with Crippen LogP contribution in [0.3, 0.4) is 0 Å². The smallest absolute Gasteiger partial charge is 0.346 e. The van der Waals surface area contributed by atoms with Crippen molar-refractivity contribution in [2.45, 2.75) is 33.4 Å². The lowest BCUT2D eigenvalue weighted by Gasteiger charge is -2.27. The van der Waals surface area contributed by atoms with Crippen molar-refractivity contribution in [1.29, 1.82) is 0 Å². The maximum absolute atomic E-state index is 13.2. The molecule has 3 aromatic rings. The number of aromatic amines is 1. The topological polar surface area (TPSA) is 84.4 Å². The molecule has 3 rings (SSSR count). The predicted molar refractivity (Wildman–Crippen MR) is 107 cm³/mol. The molecule has 0 saturated carbocycles. The SMILES string of the molecule is COC(=O)c1cccc2[nH]n(C(=O)N(Cc3ccccc3C)C(C)C)c(=O)c12. The zero-order chi connectivity index (χ0) is 20.4. The van der Waals surface area contributed by atoms with Gasteiger partial charge in [-0.15, -0.1) is 0 Å². The molecule has 7 heteroatoms. The zero-order valence-electron chi connectivity index (χ0n) is 16.4. The Labute approximate surface area is 162 Å². The third-order valence-electron chi connectivity index (χ3n) is 4.78. The van der Waals surface area contributed by atoms with Crippen LogP contribution < -0.4 is 5.56 Å². The number of aryl methyl sites for hydroxylation is 1. The first-order valence-electron chi connectivity index (χ1n) is 9.02. The van der Waals surface area contributed by atoms with Gasteiger partial charge in [-0.3, -0.25) is 9.89 Å². The van der Waals surface area contributed by atoms with Crippen LogP contribution in [-0.2, 0) is 11.3 Å². The van der Waals surface area contributed by atoms with Crippen molar-refractivity contribution in [2.24, 2.45) is 0 Å². The lowest BCUT2D eigenvalue weighted by molar-refractivity contribution is 0.0603. The Hall–Kier alpha value is -3.35. The van der Waals surface area contributed by atoms with Crippen molar-refractivity contribution < 1.29 is 14.3 Å². The number of benzene rings is 2. The molecule has 0 bridgehead atoms. The van der Waals surface area contributed by atoms with Crippen molar-refractivity contribution in [3.8, 4) is 0 Å². The second-order valence-corrected chi connectivity index (χ2v) is 6.90. The number of nitrogens with zero attached hydrogens (tertiary/aromatic N) is 2. The van der Waals surface area contributed by atoms with E-state index in [1.54, 1.807) is 17.0 Å². The maximum atomic E-state index is 13.2. The lowest BCUT2D eigenvalue weighted by Crippen LogP contribution is -2.43. The van der Waals surface area contributed by atoms with Gasteiger partial charge in [-0.25, -0.2) is 9.59 Å². The minimum atomic E-state index is -0.623. The average Bonchev–Trinajstić information content (AvgIpc) is 3.03. The number of fused-ring (bicyclic) bond motifs is 1. The third kappa shape index (κ3) is 3.43. The van der Waals surface area contributed by atoms with E-state index in [0.29, 0.717) is 12.1 Å². The quantitative estimate of drug-likeness (QED) is 0.703. The Morgan fingerprint density at radius 3 is 2.50 bits per heavy atom. The van der Waals surface area contributed by atoms with E-state index in [2.05, 4.69) is 5.10 Å². The second kappa shape index (κ2) is 7.72. The zero-order valence-corrected chi connectivity index (χ0v) is 16.4. The van der Waals surface area contributed by atoms with E-state index in [4.69, 9.17) is 4.74 Å². The molecule has 1 N–H and O–H groups in total. The van der Waals surface area contributed by atoms with Gasteiger partial charge in [0.05, 0.1) is 23.6 Å². The number of methoxy groups -OCH3 is 1. The molecule has 2 aromatic carbocycles. The van der Waals surface area contributed by atoms with Crippen LogP contribution in [0, 0.1) is 6.92 Å². The number of hydrogen-bond donors (Lipinski definition) is 1. The molecule has 0 spiro atoms. The fraction of sp³-hybridized carbons (Fsp3) is 0.286. The minimum absolute atomic E-state index is 0.128. The van der Waals surface area contributed by atoms with E-state index in [-0.39, 0.29) is 17.0 Å². The van der Waals surface area contributed by atoms with Gasteiger partial charge in [0, 0.05) is 12.6 Å². The van der Waals surface area contributed by atoms with Gasteiger partial charge >= 0.3 is 12.0 Å². The maximum Gasteiger partial charge on any atom is 0.346 e. The van der Waals surface area contributed by atoms with Gasteiger partial charge in [0.1, 0.15) is 0 Å². The lowest BCUT2D eigenvalue weighted by atomic mass is 10.1. The molecule has 146 valence electrons. The Kier molecular flexibility index (Phi) is 5.35. The van der Waals surface area contributed by atoms with Crippen LogP contribution in [0.1, 0.15) is 35.3 Å². The number of esters is 1. The van der Waals surface area contributed by atoms with Crippen molar-refractivity contribution >= 4 is 22.9 Å². The van der Waals surface area contributed by atoms with E-state index in [0.717, 1.165) is 15.8 Å². The summed E-state index contributed by atoms with van der Waals surface area (Å²) in [6, 6.07) is 12.0. The van der Waals surface area contributed by atoms with Gasteiger partial charge in [-0.2, -0.15) is 4.68 Å². The summed E-state index contributed by atoms with van der Waals surface area (Å²) < 4.78 is 5.70. The van der Waals surface area contributed by atoms with Crippen LogP contribution >= 0.6 is 0 Å². The molecule has 1 amide bonds. The highest BCUT2D eigenvalue weighted by molar-refractivity contribution is 6.03. The number of nitrogens with one attached hydrogen (secondary N) is 1. The molecule has 0 saturated heterocycles. The summed E-state index contributed by atoms with van der Waals surface area (Å²) in [5.41, 5.74) is 2.03. The monoisotopic (exact) mass is 381 g/mol. The van der Waals surface area contributed by atoms with Gasteiger partial charge in [-0.1, -0.05) is 30.3 Å². The minimum Gasteiger partial charge on any atom is -0.465 e. The summed E-state index contributed by atoms with van der Waals surface area (Å²) >= 11 is 0. The van der Waals surface area contributed by atoms with E-state index in [1.807, 2.05) is 45.0 Å². The summed E-state index contributed by atoms with van der Waals surface area (Å²) in [7, 11) is 1.25. The highest BCUT2D eigenvalue weighted by Crippen LogP contribution is 2.17. The fourth-order valence-electron chi connectivity index (χ4n) is 3.14. The first-order chi connectivity index (χ1) is 13.3. The molecule has 0 aliphatic heterocycles. The van der Waals surface area contributed by atoms with Crippen LogP contribution in [0.15, 0.2) is 47.3 Å². The Bertz CT molecular complexity index is 1090. The Morgan fingerprint density at radius 2 is 1.86 bits per heavy atom. The number of rotatable bonds is 4. The molecular weight excluding hydrogens is 358 g/mol. The molecule has 1 heterocycles. The van der Waals surface area contributed by atoms with Gasteiger partial charge in [0.15, 0.2) is 0 Å². The van der Waals surface area contributed by atoms with Crippen molar-refractivity contribution in [2.75, 3.05) is 7.11 Å². The summed E-state index contributed by atoms with van der Waals surface area (Å²) in [6.07, 6.45) is 0. The average molecular weight is 381 g/mol. The molecule has 7 nitrogen and oxygen atoms in total. The second-order valence-electron chi connectivity index (χ2n) is 6.90. The van der Waals surface area contributed by atoms with Gasteiger partial charge < -0.3 is 9.64 Å². The molecule has 1 aromatic heterocycles. The van der Waals surface area contributed by atoms with Crippen molar-refractivity contribution in [3.05, 3.63) is 69.5 Å². The van der Waals surface area contributed by atoms with Crippen LogP contribution in [0.5, 0.6) is 0 Å². The molecule has 0 aliphatic carbocycles. The first kappa shape index (κ1) is 19.4. The molecular formula is C21H23N3O4. The Balaban J connectivity index is 2.06. The third-order valence-corrected chi connectivity index (χ3v) is 4.78. The van der Waals surface area contributed by atoms with Gasteiger partial charge in [0.2, 0.25) is 0 Å². The molecule has 0 fully saturated rings. The standard InChI is InChI=1S/C21H23N3O4/c1-13(2)23(12-15-9-6-5-8-14(15)3)21(27)24-19(25)18-16(20(26)28-4)10-7-11-17(18)22-24/h5-11,13,22H,12H2,1-4H3. The summed E-state index contributed by atoms with van der Waals surface area (Å²) in [5, 5.41) is 2.96. The number of carbonyl (C=O) groups is 2. The highest BCUT2D eigenvalue weighted by Gasteiger charge is 2.25. The number of H-pyrrole nitrogens is 1. The Morgan fingerprint density at radius 1 is 1.14 bits per heavy atom. The number of aromatic nitrogens is 2. The van der Waals surface area contributed by atoms with Crippen molar-refractivity contribution in [3.63, 3.8) is 0 Å². The van der Waals surface area contributed by atoms with Crippen LogP contribution in [0.2, 0.25) is 0 Å². The highest BCUT2D eigenvalue weighted by atomic mass is 16.5. The largest absolute Gasteiger partial charge is 0.465 e. The van der Waals surface area contributed by atoms with E-state index < -0.39 is 17.6 Å². The van der Waals surface area contributed by atoms with E-state index >= 15 is 0 Å². The first-order valence-corrected chi connectivity index (χ1v) is 9.02.